The molecule has 246 valence electrons. The van der Waals surface area contributed by atoms with Crippen molar-refractivity contribution in [2.75, 3.05) is 26.4 Å². The van der Waals surface area contributed by atoms with Crippen LogP contribution >= 0.6 is 0 Å². The summed E-state index contributed by atoms with van der Waals surface area (Å²) in [5, 5.41) is 21.4. The van der Waals surface area contributed by atoms with Gasteiger partial charge in [-0.1, -0.05) is 72.5 Å². The second kappa shape index (κ2) is 15.2. The zero-order valence-corrected chi connectivity index (χ0v) is 24.6. The molecule has 0 amide bonds. The quantitative estimate of drug-likeness (QED) is 0.252. The van der Waals surface area contributed by atoms with Gasteiger partial charge < -0.3 is 57.6 Å². The van der Waals surface area contributed by atoms with Gasteiger partial charge >= 0.3 is 12.3 Å². The van der Waals surface area contributed by atoms with E-state index in [-0.39, 0.29) is 26.4 Å². The van der Waals surface area contributed by atoms with Crippen molar-refractivity contribution in [2.24, 2.45) is 0 Å². The first-order valence-corrected chi connectivity index (χ1v) is 14.8. The van der Waals surface area contributed by atoms with E-state index in [1.807, 2.05) is 60.7 Å². The van der Waals surface area contributed by atoms with Gasteiger partial charge in [0.15, 0.2) is 37.0 Å². The van der Waals surface area contributed by atoms with Crippen LogP contribution in [0.3, 0.4) is 0 Å². The van der Waals surface area contributed by atoms with E-state index in [0.29, 0.717) is 13.2 Å². The first kappa shape index (κ1) is 32.2. The van der Waals surface area contributed by atoms with Crippen molar-refractivity contribution in [1.82, 2.24) is 0 Å². The van der Waals surface area contributed by atoms with E-state index < -0.39 is 73.7 Å². The molecule has 0 bridgehead atoms. The summed E-state index contributed by atoms with van der Waals surface area (Å²) >= 11 is 0. The first-order valence-electron chi connectivity index (χ1n) is 14.8. The number of carbonyl (C=O) groups excluding carboxylic acids is 2. The summed E-state index contributed by atoms with van der Waals surface area (Å²) in [6.07, 6.45) is -12.1. The topological polar surface area (TPSA) is 167 Å². The molecule has 4 aliphatic heterocycles. The maximum atomic E-state index is 11.8. The van der Waals surface area contributed by atoms with Crippen molar-refractivity contribution in [2.45, 2.75) is 74.6 Å². The normalized spacial score (nSPS) is 33.0. The molecule has 2 N–H and O–H groups in total. The van der Waals surface area contributed by atoms with E-state index in [4.69, 9.17) is 47.4 Å². The molecule has 46 heavy (non-hydrogen) atoms. The molecule has 2 aromatic carbocycles. The molecule has 0 radical (unpaired) electrons. The summed E-state index contributed by atoms with van der Waals surface area (Å²) < 4.78 is 55.2. The molecule has 2 aromatic rings. The van der Waals surface area contributed by atoms with E-state index >= 15 is 0 Å². The summed E-state index contributed by atoms with van der Waals surface area (Å²) in [7, 11) is 0. The van der Waals surface area contributed by atoms with Gasteiger partial charge in [0, 0.05) is 0 Å². The zero-order valence-electron chi connectivity index (χ0n) is 24.6. The Labute approximate surface area is 264 Å². The van der Waals surface area contributed by atoms with Gasteiger partial charge in [0.1, 0.15) is 37.6 Å². The third-order valence-corrected chi connectivity index (χ3v) is 7.71. The highest BCUT2D eigenvalue weighted by Crippen LogP contribution is 2.33. The van der Waals surface area contributed by atoms with Gasteiger partial charge in [-0.3, -0.25) is 0 Å². The Kier molecular flexibility index (Phi) is 10.6. The fraction of sp³-hybridized carbons (Fsp3) is 0.500. The number of carbonyl (C=O) groups is 2. The lowest BCUT2D eigenvalue weighted by Gasteiger charge is -2.38. The molecule has 0 aliphatic carbocycles. The Morgan fingerprint density at radius 3 is 1.39 bits per heavy atom. The Hall–Kier alpha value is -3.78. The average molecular weight is 643 g/mol. The summed E-state index contributed by atoms with van der Waals surface area (Å²) in [6.45, 7) is 0.393. The molecule has 4 heterocycles. The van der Waals surface area contributed by atoms with E-state index in [0.717, 1.165) is 11.1 Å². The van der Waals surface area contributed by atoms with Gasteiger partial charge in [-0.05, 0) is 11.1 Å². The Morgan fingerprint density at radius 1 is 0.587 bits per heavy atom. The number of hydrogen-bond donors (Lipinski definition) is 2. The highest BCUT2D eigenvalue weighted by atomic mass is 16.8. The fourth-order valence-electron chi connectivity index (χ4n) is 5.47. The van der Waals surface area contributed by atoms with Crippen molar-refractivity contribution >= 4 is 12.3 Å². The number of ether oxygens (including phenoxy) is 10. The van der Waals surface area contributed by atoms with Crippen LogP contribution in [0.1, 0.15) is 11.1 Å². The molecule has 6 rings (SSSR count). The highest BCUT2D eigenvalue weighted by Gasteiger charge is 2.55. The SMILES string of the molecule is O=C1O[C@@H]2[C@@H](O)[C@H](OCC#CCO[C@@H]3O[C@H](COCc4ccccc4)[C@@H]4OC(=O)O[C@@H]4[C@H]3O)O[C@H](COCc3ccccc3)[C@@H]2O1. The van der Waals surface area contributed by atoms with Gasteiger partial charge in [0.2, 0.25) is 0 Å². The molecular formula is C32H34O14. The predicted octanol–water partition coefficient (Wildman–Crippen LogP) is 1.44. The van der Waals surface area contributed by atoms with E-state index in [2.05, 4.69) is 11.8 Å². The predicted molar refractivity (Wildman–Crippen MR) is 151 cm³/mol. The number of aliphatic hydroxyl groups excluding tert-OH is 2. The van der Waals surface area contributed by atoms with Gasteiger partial charge in [0.05, 0.1) is 26.4 Å². The second-order valence-corrected chi connectivity index (χ2v) is 10.9. The lowest BCUT2D eigenvalue weighted by Crippen LogP contribution is -2.58. The van der Waals surface area contributed by atoms with Gasteiger partial charge in [0.25, 0.3) is 0 Å². The Balaban J connectivity index is 0.976. The minimum Gasteiger partial charge on any atom is -0.424 e. The molecule has 0 spiro atoms. The van der Waals surface area contributed by atoms with E-state index in [9.17, 15) is 19.8 Å². The maximum absolute atomic E-state index is 11.8. The standard InChI is InChI=1S/C32H34O14/c33-23-27-25(43-31(35)45-27)21(17-37-15-19-9-3-1-4-10-19)41-29(23)39-13-7-8-14-40-30-24(34)28-26(44-32(36)46-28)22(42-30)18-38-16-20-11-5-2-6-12-20/h1-6,9-12,21-30,33-34H,13-18H2/t21-,22-,23-,24-,25+,26+,27-,28-,29-,30-/m1/s1. The number of fused-ring (bicyclic) bond motifs is 2. The van der Waals surface area contributed by atoms with Crippen LogP contribution in [-0.4, -0.2) is 110 Å². The molecule has 10 atom stereocenters. The van der Waals surface area contributed by atoms with Gasteiger partial charge in [-0.25, -0.2) is 9.59 Å². The van der Waals surface area contributed by atoms with Crippen LogP contribution in [0.2, 0.25) is 0 Å². The second-order valence-electron chi connectivity index (χ2n) is 10.9. The highest BCUT2D eigenvalue weighted by molar-refractivity contribution is 5.63. The largest absolute Gasteiger partial charge is 0.509 e. The molecule has 4 fully saturated rings. The molecule has 4 saturated heterocycles. The lowest BCUT2D eigenvalue weighted by molar-refractivity contribution is -0.281. The van der Waals surface area contributed by atoms with E-state index in [1.165, 1.54) is 0 Å². The van der Waals surface area contributed by atoms with Crippen LogP contribution in [0.25, 0.3) is 0 Å². The smallest absolute Gasteiger partial charge is 0.424 e. The first-order chi connectivity index (χ1) is 22.5. The summed E-state index contributed by atoms with van der Waals surface area (Å²) in [4.78, 5) is 23.6. The lowest BCUT2D eigenvalue weighted by atomic mass is 9.99. The van der Waals surface area contributed by atoms with E-state index in [1.54, 1.807) is 0 Å². The molecule has 14 nitrogen and oxygen atoms in total. The number of hydrogen-bond acceptors (Lipinski definition) is 14. The molecule has 0 aromatic heterocycles. The van der Waals surface area contributed by atoms with Crippen LogP contribution in [0.5, 0.6) is 0 Å². The average Bonchev–Trinajstić information content (AvgIpc) is 3.66. The van der Waals surface area contributed by atoms with Gasteiger partial charge in [-0.15, -0.1) is 0 Å². The van der Waals surface area contributed by atoms with Crippen LogP contribution in [0.15, 0.2) is 60.7 Å². The van der Waals surface area contributed by atoms with Crippen LogP contribution in [0, 0.1) is 11.8 Å². The zero-order chi connectivity index (χ0) is 31.9. The van der Waals surface area contributed by atoms with Crippen molar-refractivity contribution in [1.29, 1.82) is 0 Å². The molecule has 0 saturated carbocycles. The van der Waals surface area contributed by atoms with Crippen LogP contribution in [-0.2, 0) is 60.6 Å². The van der Waals surface area contributed by atoms with Crippen molar-refractivity contribution in [3.8, 4) is 11.8 Å². The maximum Gasteiger partial charge on any atom is 0.509 e. The number of benzene rings is 2. The molecule has 0 unspecified atom stereocenters. The van der Waals surface area contributed by atoms with Crippen LogP contribution in [0.4, 0.5) is 9.59 Å². The summed E-state index contributed by atoms with van der Waals surface area (Å²) in [6, 6.07) is 19.0. The Morgan fingerprint density at radius 2 is 0.978 bits per heavy atom. The molecule has 4 aliphatic rings. The Bertz CT molecular complexity index is 1260. The third kappa shape index (κ3) is 7.77. The van der Waals surface area contributed by atoms with Crippen molar-refractivity contribution in [3.63, 3.8) is 0 Å². The van der Waals surface area contributed by atoms with Crippen molar-refractivity contribution < 1.29 is 67.2 Å². The third-order valence-electron chi connectivity index (χ3n) is 7.71. The number of rotatable bonds is 12. The minimum absolute atomic E-state index is 0.0585. The van der Waals surface area contributed by atoms with Gasteiger partial charge in [-0.2, -0.15) is 0 Å². The summed E-state index contributed by atoms with van der Waals surface area (Å²) in [5.41, 5.74) is 1.91. The summed E-state index contributed by atoms with van der Waals surface area (Å²) in [5.74, 6) is 5.48. The number of aliphatic hydroxyl groups is 2. The molecule has 14 heteroatoms. The van der Waals surface area contributed by atoms with Crippen LogP contribution < -0.4 is 0 Å². The fourth-order valence-corrected chi connectivity index (χ4v) is 5.47. The molecular weight excluding hydrogens is 608 g/mol. The minimum atomic E-state index is -1.32. The van der Waals surface area contributed by atoms with Crippen molar-refractivity contribution in [3.05, 3.63) is 71.8 Å². The monoisotopic (exact) mass is 642 g/mol.